The topological polar surface area (TPSA) is 175 Å². The first-order valence-electron chi connectivity index (χ1n) is 12.5. The van der Waals surface area contributed by atoms with Crippen LogP contribution in [-0.2, 0) is 36.9 Å². The Kier molecular flexibility index (Phi) is 9.20. The van der Waals surface area contributed by atoms with Crippen LogP contribution >= 0.6 is 0 Å². The van der Waals surface area contributed by atoms with E-state index < -0.39 is 47.9 Å². The van der Waals surface area contributed by atoms with Gasteiger partial charge in [-0.15, -0.1) is 0 Å². The van der Waals surface area contributed by atoms with Crippen LogP contribution in [0.3, 0.4) is 0 Å². The molecule has 43 heavy (non-hydrogen) atoms. The van der Waals surface area contributed by atoms with Crippen molar-refractivity contribution in [3.05, 3.63) is 65.7 Å². The smallest absolute Gasteiger partial charge is 0.491 e. The van der Waals surface area contributed by atoms with Gasteiger partial charge in [0.25, 0.3) is 0 Å². The molecule has 4 rings (SSSR count). The number of esters is 2. The molecular weight excluding hydrogens is 597 g/mol. The van der Waals surface area contributed by atoms with Gasteiger partial charge in [0.05, 0.1) is 7.11 Å². The Morgan fingerprint density at radius 1 is 1.14 bits per heavy atom. The van der Waals surface area contributed by atoms with Crippen molar-refractivity contribution in [2.45, 2.75) is 25.2 Å². The molecule has 3 aromatic carbocycles. The first-order chi connectivity index (χ1) is 20.3. The van der Waals surface area contributed by atoms with Gasteiger partial charge in [-0.1, -0.05) is 12.1 Å². The summed E-state index contributed by atoms with van der Waals surface area (Å²) in [6.45, 7) is -1.14. The average molecular weight is 622 g/mol. The fraction of sp³-hybridized carbons (Fsp3) is 0.259. The molecule has 1 heterocycles. The van der Waals surface area contributed by atoms with E-state index in [4.69, 9.17) is 20.6 Å². The fourth-order valence-electron chi connectivity index (χ4n) is 4.49. The molecule has 0 radical (unpaired) electrons. The third-order valence-electron chi connectivity index (χ3n) is 6.51. The Balaban J connectivity index is 1.54. The number of halogens is 3. The summed E-state index contributed by atoms with van der Waals surface area (Å²) in [5.41, 5.74) is 6.25. The summed E-state index contributed by atoms with van der Waals surface area (Å²) in [6, 6.07) is 13.1. The van der Waals surface area contributed by atoms with Crippen LogP contribution in [-0.4, -0.2) is 69.8 Å². The predicted molar refractivity (Wildman–Crippen MR) is 146 cm³/mol. The summed E-state index contributed by atoms with van der Waals surface area (Å²) in [6.07, 6.45) is -5.25. The number of nitrogens with zero attached hydrogens (tertiary/aromatic N) is 2. The summed E-state index contributed by atoms with van der Waals surface area (Å²) >= 11 is -2.83. The van der Waals surface area contributed by atoms with E-state index in [0.717, 1.165) is 9.69 Å². The van der Waals surface area contributed by atoms with Gasteiger partial charge < -0.3 is 29.4 Å². The Labute approximate surface area is 245 Å². The maximum Gasteiger partial charge on any atom is 0.491 e. The Morgan fingerprint density at radius 3 is 2.51 bits per heavy atom. The minimum absolute atomic E-state index is 0.0645. The zero-order valence-corrected chi connectivity index (χ0v) is 23.2. The van der Waals surface area contributed by atoms with Gasteiger partial charge in [0.1, 0.15) is 23.4 Å². The van der Waals surface area contributed by atoms with Crippen LogP contribution in [0.2, 0.25) is 0 Å². The molecular formula is C27H24F3N4O8S-. The number of ether oxygens (including phenoxy) is 3. The molecule has 0 aliphatic carbocycles. The number of carbonyl (C=O) groups is 3. The molecule has 3 N–H and O–H groups in total. The Bertz CT molecular complexity index is 1620. The second-order valence-electron chi connectivity index (χ2n) is 9.29. The SMILES string of the molecule is COc1ccc2ccc(N(C3CCN(Cc4cc(C(=N)N)ccc4OCC(=O)OC(=O)C(F)(F)F)C3=O)S(=O)[O-])cc2c1. The number of amidine groups is 1. The number of fused-ring (bicyclic) bond motifs is 1. The summed E-state index contributed by atoms with van der Waals surface area (Å²) in [5.74, 6) is -4.70. The highest BCUT2D eigenvalue weighted by molar-refractivity contribution is 7.80. The number of hydrogen-bond donors (Lipinski definition) is 2. The number of alkyl halides is 3. The average Bonchev–Trinajstić information content (AvgIpc) is 3.30. The summed E-state index contributed by atoms with van der Waals surface area (Å²) < 4.78 is 77.1. The number of carbonyl (C=O) groups excluding carboxylic acids is 3. The molecule has 1 aliphatic heterocycles. The minimum Gasteiger partial charge on any atom is -0.755 e. The first kappa shape index (κ1) is 31.2. The van der Waals surface area contributed by atoms with Crippen LogP contribution in [0.5, 0.6) is 11.5 Å². The first-order valence-corrected chi connectivity index (χ1v) is 13.5. The van der Waals surface area contributed by atoms with Crippen molar-refractivity contribution in [3.63, 3.8) is 0 Å². The van der Waals surface area contributed by atoms with E-state index in [9.17, 15) is 36.3 Å². The molecule has 0 saturated carbocycles. The number of nitrogen functional groups attached to an aromatic ring is 1. The summed E-state index contributed by atoms with van der Waals surface area (Å²) in [7, 11) is 1.50. The second kappa shape index (κ2) is 12.7. The highest BCUT2D eigenvalue weighted by Crippen LogP contribution is 2.32. The van der Waals surface area contributed by atoms with Crippen molar-refractivity contribution in [2.75, 3.05) is 24.6 Å². The van der Waals surface area contributed by atoms with E-state index in [-0.39, 0.29) is 47.9 Å². The lowest BCUT2D eigenvalue weighted by molar-refractivity contribution is -0.202. The van der Waals surface area contributed by atoms with Gasteiger partial charge in [0, 0.05) is 41.2 Å². The standard InChI is InChI=1S/C27H25F3N4O8S/c1-40-20-6-3-15-2-5-19(11-17(15)12-20)34(43(38)39)21-8-9-33(25(21)36)13-18-10-16(24(31)32)4-7-22(18)41-14-23(35)42-26(37)27(28,29)30/h2-7,10-12,21H,8-9,13-14H2,1H3,(H3,31,32)(H,38,39)/p-1. The molecule has 0 aromatic heterocycles. The number of hydrogen-bond acceptors (Lipinski definition) is 9. The molecule has 16 heteroatoms. The predicted octanol–water partition coefficient (Wildman–Crippen LogP) is 2.54. The number of benzene rings is 3. The van der Waals surface area contributed by atoms with Crippen LogP contribution in [0.25, 0.3) is 10.8 Å². The van der Waals surface area contributed by atoms with Gasteiger partial charge in [-0.05, 0) is 59.7 Å². The van der Waals surface area contributed by atoms with Crippen LogP contribution in [0.4, 0.5) is 18.9 Å². The van der Waals surface area contributed by atoms with Crippen molar-refractivity contribution in [1.29, 1.82) is 5.41 Å². The van der Waals surface area contributed by atoms with E-state index >= 15 is 0 Å². The minimum atomic E-state index is -5.38. The lowest BCUT2D eigenvalue weighted by atomic mass is 10.1. The molecule has 3 aromatic rings. The molecule has 12 nitrogen and oxygen atoms in total. The summed E-state index contributed by atoms with van der Waals surface area (Å²) in [5, 5.41) is 9.21. The number of nitrogens with one attached hydrogen (secondary N) is 1. The number of methoxy groups -OCH3 is 1. The number of rotatable bonds is 10. The van der Waals surface area contributed by atoms with Gasteiger partial charge in [0.2, 0.25) is 5.91 Å². The van der Waals surface area contributed by atoms with Gasteiger partial charge in [-0.25, -0.2) is 9.59 Å². The zero-order valence-electron chi connectivity index (χ0n) is 22.4. The molecule has 1 amide bonds. The number of anilines is 1. The molecule has 2 unspecified atom stereocenters. The van der Waals surface area contributed by atoms with Gasteiger partial charge in [-0.3, -0.25) is 18.7 Å². The quantitative estimate of drug-likeness (QED) is 0.113. The molecule has 0 bridgehead atoms. The normalized spacial score (nSPS) is 15.7. The molecule has 1 saturated heterocycles. The lowest BCUT2D eigenvalue weighted by Crippen LogP contribution is -2.42. The van der Waals surface area contributed by atoms with Crippen molar-refractivity contribution >= 4 is 51.4 Å². The Morgan fingerprint density at radius 2 is 1.86 bits per heavy atom. The highest BCUT2D eigenvalue weighted by Gasteiger charge is 2.42. The van der Waals surface area contributed by atoms with Crippen molar-refractivity contribution < 1.29 is 50.5 Å². The highest BCUT2D eigenvalue weighted by atomic mass is 32.2. The molecule has 1 fully saturated rings. The van der Waals surface area contributed by atoms with Crippen molar-refractivity contribution in [2.24, 2.45) is 5.73 Å². The third kappa shape index (κ3) is 7.21. The zero-order chi connectivity index (χ0) is 31.5. The number of amides is 1. The van der Waals surface area contributed by atoms with Crippen molar-refractivity contribution in [3.8, 4) is 11.5 Å². The number of nitrogens with two attached hydrogens (primary N) is 1. The van der Waals surface area contributed by atoms with E-state index in [2.05, 4.69) is 4.74 Å². The molecule has 1 aliphatic rings. The molecule has 2 atom stereocenters. The van der Waals surface area contributed by atoms with Crippen LogP contribution in [0.1, 0.15) is 17.5 Å². The molecule has 228 valence electrons. The van der Waals surface area contributed by atoms with E-state index in [1.165, 1.54) is 30.2 Å². The second-order valence-corrected chi connectivity index (χ2v) is 10.1. The Hall–Kier alpha value is -4.70. The monoisotopic (exact) mass is 621 g/mol. The third-order valence-corrected chi connectivity index (χ3v) is 7.30. The summed E-state index contributed by atoms with van der Waals surface area (Å²) in [4.78, 5) is 37.4. The van der Waals surface area contributed by atoms with Crippen LogP contribution in [0.15, 0.2) is 54.6 Å². The van der Waals surface area contributed by atoms with Gasteiger partial charge >= 0.3 is 18.1 Å². The van der Waals surface area contributed by atoms with Crippen LogP contribution in [0, 0.1) is 5.41 Å². The maximum atomic E-state index is 13.5. The largest absolute Gasteiger partial charge is 0.755 e. The molecule has 0 spiro atoms. The van der Waals surface area contributed by atoms with Crippen molar-refractivity contribution in [1.82, 2.24) is 4.90 Å². The van der Waals surface area contributed by atoms with E-state index in [1.807, 2.05) is 6.07 Å². The van der Waals surface area contributed by atoms with E-state index in [0.29, 0.717) is 11.1 Å². The number of likely N-dealkylation sites (tertiary alicyclic amines) is 1. The van der Waals surface area contributed by atoms with Gasteiger partial charge in [0.15, 0.2) is 6.61 Å². The van der Waals surface area contributed by atoms with Crippen LogP contribution < -0.4 is 19.5 Å². The van der Waals surface area contributed by atoms with E-state index in [1.54, 1.807) is 30.3 Å². The lowest BCUT2D eigenvalue weighted by Gasteiger charge is -2.31. The van der Waals surface area contributed by atoms with Gasteiger partial charge in [-0.2, -0.15) is 13.2 Å². The maximum absolute atomic E-state index is 13.5. The fourth-order valence-corrected chi connectivity index (χ4v) is 5.18.